The van der Waals surface area contributed by atoms with E-state index < -0.39 is 11.2 Å². The van der Waals surface area contributed by atoms with Gasteiger partial charge in [0.05, 0.1) is 5.60 Å². The number of fused-ring (bicyclic) bond motifs is 2. The summed E-state index contributed by atoms with van der Waals surface area (Å²) >= 11 is 0. The maximum Gasteiger partial charge on any atom is 0.165 e. The number of hydrogen-bond acceptors (Lipinski definition) is 5. The van der Waals surface area contributed by atoms with Crippen molar-refractivity contribution in [3.05, 3.63) is 23.3 Å². The molecule has 35 heavy (non-hydrogen) atoms. The predicted molar refractivity (Wildman–Crippen MR) is 133 cm³/mol. The first kappa shape index (κ1) is 21.8. The fraction of sp³-hybridized carbons (Fsp3) is 0.800. The van der Waals surface area contributed by atoms with E-state index in [0.717, 1.165) is 63.2 Å². The standard InChI is InChI=1S/C30H41NO4/c1-27(33,20-5-3-4-6-20)22-16-28-11-12-30(22,34-2)26-29(28)13-14-31(17-18-7-8-18)23(28)15-19-9-10-21(32)25(35-26)24(19)29/h9-10,18,20,22-23,26,32-33H,3-8,11-17H2,1-2H3/t22-,23-,26-,27+,28-,29+,30-/m1/s1. The van der Waals surface area contributed by atoms with E-state index in [9.17, 15) is 10.2 Å². The van der Waals surface area contributed by atoms with Gasteiger partial charge in [-0.1, -0.05) is 18.9 Å². The van der Waals surface area contributed by atoms with E-state index in [1.54, 1.807) is 0 Å². The molecule has 1 aromatic rings. The summed E-state index contributed by atoms with van der Waals surface area (Å²) in [4.78, 5) is 2.85. The van der Waals surface area contributed by atoms with Crippen LogP contribution in [-0.2, 0) is 16.6 Å². The predicted octanol–water partition coefficient (Wildman–Crippen LogP) is 4.56. The third kappa shape index (κ3) is 2.38. The number of piperidine rings is 1. The number of rotatable bonds is 5. The molecule has 9 rings (SSSR count). The van der Waals surface area contributed by atoms with Crippen LogP contribution in [-0.4, -0.2) is 58.7 Å². The summed E-state index contributed by atoms with van der Waals surface area (Å²) in [7, 11) is 1.86. The molecule has 190 valence electrons. The van der Waals surface area contributed by atoms with Crippen LogP contribution >= 0.6 is 0 Å². The lowest BCUT2D eigenvalue weighted by Gasteiger charge is -2.75. The number of likely N-dealkylation sites (tertiary alicyclic amines) is 1. The summed E-state index contributed by atoms with van der Waals surface area (Å²) in [5.74, 6) is 2.28. The smallest absolute Gasteiger partial charge is 0.165 e. The van der Waals surface area contributed by atoms with E-state index in [1.165, 1.54) is 43.4 Å². The van der Waals surface area contributed by atoms with Gasteiger partial charge in [-0.15, -0.1) is 0 Å². The molecule has 7 atom stereocenters. The van der Waals surface area contributed by atoms with Gasteiger partial charge in [-0.3, -0.25) is 4.90 Å². The van der Waals surface area contributed by atoms with Crippen LogP contribution in [0.3, 0.4) is 0 Å². The number of hydrogen-bond donors (Lipinski definition) is 2. The number of aliphatic hydroxyl groups is 1. The first-order valence-corrected chi connectivity index (χ1v) is 14.4. The lowest BCUT2D eigenvalue weighted by atomic mass is 9.33. The molecule has 6 aliphatic carbocycles. The minimum atomic E-state index is -0.766. The number of methoxy groups -OCH3 is 1. The number of nitrogens with zero attached hydrogens (tertiary/aromatic N) is 1. The summed E-state index contributed by atoms with van der Waals surface area (Å²) in [5, 5.41) is 23.4. The Kier molecular flexibility index (Phi) is 4.20. The van der Waals surface area contributed by atoms with Crippen molar-refractivity contribution in [2.45, 2.75) is 106 Å². The second-order valence-electron chi connectivity index (χ2n) is 13.6. The molecular formula is C30H41NO4. The Morgan fingerprint density at radius 2 is 1.94 bits per heavy atom. The van der Waals surface area contributed by atoms with E-state index in [1.807, 2.05) is 13.2 Å². The number of phenolic OH excluding ortho intramolecular Hbond substituents is 1. The largest absolute Gasteiger partial charge is 0.504 e. The maximum absolute atomic E-state index is 12.4. The molecule has 6 fully saturated rings. The molecule has 0 aromatic heterocycles. The topological polar surface area (TPSA) is 62.2 Å². The zero-order chi connectivity index (χ0) is 23.8. The zero-order valence-corrected chi connectivity index (χ0v) is 21.4. The van der Waals surface area contributed by atoms with Crippen LogP contribution in [0.2, 0.25) is 0 Å². The van der Waals surface area contributed by atoms with Crippen LogP contribution in [0, 0.1) is 23.2 Å². The highest BCUT2D eigenvalue weighted by atomic mass is 16.6. The SMILES string of the molecule is CO[C@]12CC[C@@]3(C[C@@H]1[C@@](C)(O)C1CCCC1)[C@H]1Cc4ccc(O)c5c4[C@@]3(CCN1CC1CC1)[C@H]2O5. The average Bonchev–Trinajstić information content (AvgIpc) is 3.34. The summed E-state index contributed by atoms with van der Waals surface area (Å²) in [6.07, 6.45) is 12.6. The number of aromatic hydroxyl groups is 1. The van der Waals surface area contributed by atoms with Gasteiger partial charge in [0, 0.05) is 42.0 Å². The summed E-state index contributed by atoms with van der Waals surface area (Å²) in [5.41, 5.74) is 1.37. The molecular weight excluding hydrogens is 438 g/mol. The quantitative estimate of drug-likeness (QED) is 0.648. The van der Waals surface area contributed by atoms with Crippen molar-refractivity contribution in [1.29, 1.82) is 0 Å². The highest BCUT2D eigenvalue weighted by Crippen LogP contribution is 2.78. The zero-order valence-electron chi connectivity index (χ0n) is 21.4. The van der Waals surface area contributed by atoms with Crippen LogP contribution in [0.25, 0.3) is 0 Å². The van der Waals surface area contributed by atoms with Crippen molar-refractivity contribution in [3.8, 4) is 11.5 Å². The first-order valence-electron chi connectivity index (χ1n) is 14.4. The number of ether oxygens (including phenoxy) is 2. The van der Waals surface area contributed by atoms with Crippen molar-refractivity contribution < 1.29 is 19.7 Å². The van der Waals surface area contributed by atoms with E-state index >= 15 is 0 Å². The Morgan fingerprint density at radius 3 is 2.69 bits per heavy atom. The van der Waals surface area contributed by atoms with Crippen LogP contribution < -0.4 is 4.74 Å². The Morgan fingerprint density at radius 1 is 1.14 bits per heavy atom. The minimum Gasteiger partial charge on any atom is -0.504 e. The maximum atomic E-state index is 12.4. The van der Waals surface area contributed by atoms with Gasteiger partial charge in [0.25, 0.3) is 0 Å². The van der Waals surface area contributed by atoms with Crippen molar-refractivity contribution in [3.63, 3.8) is 0 Å². The van der Waals surface area contributed by atoms with Gasteiger partial charge >= 0.3 is 0 Å². The molecule has 0 amide bonds. The van der Waals surface area contributed by atoms with Gasteiger partial charge in [0.2, 0.25) is 0 Å². The van der Waals surface area contributed by atoms with Gasteiger partial charge < -0.3 is 19.7 Å². The fourth-order valence-corrected chi connectivity index (χ4v) is 10.9. The Balaban J connectivity index is 1.34. The molecule has 0 unspecified atom stereocenters. The molecule has 1 saturated heterocycles. The third-order valence-corrected chi connectivity index (χ3v) is 12.5. The number of benzene rings is 1. The molecule has 2 N–H and O–H groups in total. The molecule has 5 saturated carbocycles. The lowest BCUT2D eigenvalue weighted by molar-refractivity contribution is -0.307. The Bertz CT molecular complexity index is 1080. The molecule has 1 aromatic carbocycles. The second kappa shape index (κ2) is 6.76. The van der Waals surface area contributed by atoms with Gasteiger partial charge in [0.1, 0.15) is 11.7 Å². The van der Waals surface area contributed by atoms with E-state index in [-0.39, 0.29) is 28.6 Å². The summed E-state index contributed by atoms with van der Waals surface area (Å²) in [6.45, 7) is 4.47. The van der Waals surface area contributed by atoms with Crippen molar-refractivity contribution in [2.75, 3.05) is 20.2 Å². The molecule has 2 spiro atoms. The molecule has 0 radical (unpaired) electrons. The van der Waals surface area contributed by atoms with Gasteiger partial charge in [-0.2, -0.15) is 0 Å². The van der Waals surface area contributed by atoms with Crippen LogP contribution in [0.5, 0.6) is 11.5 Å². The van der Waals surface area contributed by atoms with Crippen molar-refractivity contribution >= 4 is 0 Å². The Labute approximate surface area is 209 Å². The van der Waals surface area contributed by atoms with Gasteiger partial charge in [0.15, 0.2) is 11.5 Å². The normalized spacial score (nSPS) is 45.3. The molecule has 8 aliphatic rings. The fourth-order valence-electron chi connectivity index (χ4n) is 10.9. The average molecular weight is 480 g/mol. The van der Waals surface area contributed by atoms with Gasteiger partial charge in [-0.25, -0.2) is 0 Å². The molecule has 5 nitrogen and oxygen atoms in total. The van der Waals surface area contributed by atoms with E-state index in [2.05, 4.69) is 17.9 Å². The van der Waals surface area contributed by atoms with Crippen molar-refractivity contribution in [2.24, 2.45) is 23.2 Å². The molecule has 5 heteroatoms. The van der Waals surface area contributed by atoms with Crippen LogP contribution in [0.1, 0.15) is 82.3 Å². The highest BCUT2D eigenvalue weighted by Gasteiger charge is 2.82. The molecule has 4 bridgehead atoms. The second-order valence-corrected chi connectivity index (χ2v) is 13.6. The van der Waals surface area contributed by atoms with Crippen LogP contribution in [0.4, 0.5) is 0 Å². The van der Waals surface area contributed by atoms with E-state index in [4.69, 9.17) is 9.47 Å². The minimum absolute atomic E-state index is 0.0522. The lowest BCUT2D eigenvalue weighted by Crippen LogP contribution is -2.83. The summed E-state index contributed by atoms with van der Waals surface area (Å²) in [6, 6.07) is 4.52. The molecule has 2 aliphatic heterocycles. The van der Waals surface area contributed by atoms with Crippen molar-refractivity contribution in [1.82, 2.24) is 4.90 Å². The number of phenols is 1. The van der Waals surface area contributed by atoms with Crippen LogP contribution in [0.15, 0.2) is 12.1 Å². The molecule has 2 heterocycles. The summed E-state index contributed by atoms with van der Waals surface area (Å²) < 4.78 is 13.6. The monoisotopic (exact) mass is 479 g/mol. The van der Waals surface area contributed by atoms with Gasteiger partial charge in [-0.05, 0) is 94.7 Å². The third-order valence-electron chi connectivity index (χ3n) is 12.5. The first-order chi connectivity index (χ1) is 16.9. The highest BCUT2D eigenvalue weighted by molar-refractivity contribution is 5.63. The van der Waals surface area contributed by atoms with E-state index in [0.29, 0.717) is 12.0 Å². The Hall–Kier alpha value is -1.30.